The van der Waals surface area contributed by atoms with Gasteiger partial charge in [-0.1, -0.05) is 12.1 Å². The number of β-amino-alcohol motifs (C(OH)–C–C–N with tert-alkyl or cyclic N) is 1. The molecule has 16 heavy (non-hydrogen) atoms. The topological polar surface area (TPSA) is 32.7 Å². The Morgan fingerprint density at radius 3 is 2.94 bits per heavy atom. The number of aliphatic hydroxyl groups excluding tert-OH is 1. The van der Waals surface area contributed by atoms with Crippen molar-refractivity contribution in [3.8, 4) is 5.75 Å². The van der Waals surface area contributed by atoms with Gasteiger partial charge in [-0.25, -0.2) is 0 Å². The summed E-state index contributed by atoms with van der Waals surface area (Å²) in [4.78, 5) is 5.81. The van der Waals surface area contributed by atoms with Crippen LogP contribution in [0.2, 0.25) is 0 Å². The first kappa shape index (κ1) is 11.4. The summed E-state index contributed by atoms with van der Waals surface area (Å²) in [5.74, 6) is 0.897. The monoisotopic (exact) mass is 221 g/mol. The zero-order valence-corrected chi connectivity index (χ0v) is 9.94. The Kier molecular flexibility index (Phi) is 3.46. The van der Waals surface area contributed by atoms with Gasteiger partial charge in [-0.3, -0.25) is 0 Å². The molecular weight excluding hydrogens is 202 g/mol. The van der Waals surface area contributed by atoms with Gasteiger partial charge in [-0.05, 0) is 43.9 Å². The molecule has 1 unspecified atom stereocenters. The van der Waals surface area contributed by atoms with Gasteiger partial charge in [0.2, 0.25) is 0 Å². The van der Waals surface area contributed by atoms with Crippen LogP contribution in [0.15, 0.2) is 18.2 Å². The predicted octanol–water partition coefficient (Wildman–Crippen LogP) is 2.05. The van der Waals surface area contributed by atoms with Crippen LogP contribution in [0.25, 0.3) is 0 Å². The second kappa shape index (κ2) is 4.85. The van der Waals surface area contributed by atoms with Crippen LogP contribution in [0, 0.1) is 13.8 Å². The average Bonchev–Trinajstić information content (AvgIpc) is 2.25. The smallest absolute Gasteiger partial charge is 0.150 e. The van der Waals surface area contributed by atoms with E-state index in [1.807, 2.05) is 17.2 Å². The van der Waals surface area contributed by atoms with Crippen molar-refractivity contribution in [1.29, 1.82) is 0 Å². The van der Waals surface area contributed by atoms with E-state index in [1.165, 1.54) is 11.1 Å². The number of rotatable bonds is 2. The van der Waals surface area contributed by atoms with Crippen molar-refractivity contribution < 1.29 is 9.94 Å². The first-order chi connectivity index (χ1) is 7.66. The number of hydrogen-bond donors (Lipinski definition) is 1. The molecule has 1 heterocycles. The number of piperidine rings is 1. The molecule has 1 saturated heterocycles. The molecule has 0 saturated carbocycles. The highest BCUT2D eigenvalue weighted by Crippen LogP contribution is 2.22. The van der Waals surface area contributed by atoms with Gasteiger partial charge in [0.25, 0.3) is 0 Å². The lowest BCUT2D eigenvalue weighted by atomic mass is 10.1. The SMILES string of the molecule is Cc1cccc(ON2CCCC(O)C2)c1C. The summed E-state index contributed by atoms with van der Waals surface area (Å²) in [7, 11) is 0. The Bertz CT molecular complexity index is 365. The Morgan fingerprint density at radius 2 is 2.19 bits per heavy atom. The van der Waals surface area contributed by atoms with E-state index in [-0.39, 0.29) is 6.10 Å². The van der Waals surface area contributed by atoms with Crippen molar-refractivity contribution in [1.82, 2.24) is 5.06 Å². The minimum Gasteiger partial charge on any atom is -0.406 e. The Labute approximate surface area is 96.6 Å². The summed E-state index contributed by atoms with van der Waals surface area (Å²) in [6, 6.07) is 6.05. The van der Waals surface area contributed by atoms with E-state index >= 15 is 0 Å². The van der Waals surface area contributed by atoms with Crippen molar-refractivity contribution in [2.24, 2.45) is 0 Å². The van der Waals surface area contributed by atoms with Crippen LogP contribution in [0.3, 0.4) is 0 Å². The van der Waals surface area contributed by atoms with Crippen LogP contribution in [-0.2, 0) is 0 Å². The molecule has 2 rings (SSSR count). The highest BCUT2D eigenvalue weighted by Gasteiger charge is 2.19. The molecule has 1 aliphatic rings. The lowest BCUT2D eigenvalue weighted by molar-refractivity contribution is -0.105. The molecule has 1 aromatic carbocycles. The van der Waals surface area contributed by atoms with E-state index in [1.54, 1.807) is 0 Å². The lowest BCUT2D eigenvalue weighted by Crippen LogP contribution is -2.40. The quantitative estimate of drug-likeness (QED) is 0.829. The van der Waals surface area contributed by atoms with Gasteiger partial charge in [-0.2, -0.15) is 0 Å². The van der Waals surface area contributed by atoms with E-state index in [2.05, 4.69) is 19.9 Å². The molecule has 0 bridgehead atoms. The van der Waals surface area contributed by atoms with Gasteiger partial charge in [-0.15, -0.1) is 5.06 Å². The molecule has 3 nitrogen and oxygen atoms in total. The molecule has 0 amide bonds. The molecule has 0 spiro atoms. The van der Waals surface area contributed by atoms with Crippen LogP contribution in [0.1, 0.15) is 24.0 Å². The molecule has 88 valence electrons. The van der Waals surface area contributed by atoms with Crippen molar-refractivity contribution >= 4 is 0 Å². The third kappa shape index (κ3) is 2.54. The van der Waals surface area contributed by atoms with Crippen molar-refractivity contribution in [3.05, 3.63) is 29.3 Å². The molecule has 1 aliphatic heterocycles. The molecule has 1 N–H and O–H groups in total. The van der Waals surface area contributed by atoms with Crippen molar-refractivity contribution in [2.45, 2.75) is 32.8 Å². The standard InChI is InChI=1S/C13H19NO2/c1-10-5-3-7-13(11(10)2)16-14-8-4-6-12(15)9-14/h3,5,7,12,15H,4,6,8-9H2,1-2H3. The molecule has 0 aliphatic carbocycles. The van der Waals surface area contributed by atoms with E-state index in [0.717, 1.165) is 25.1 Å². The second-order valence-corrected chi connectivity index (χ2v) is 4.47. The van der Waals surface area contributed by atoms with Crippen molar-refractivity contribution in [3.63, 3.8) is 0 Å². The van der Waals surface area contributed by atoms with Gasteiger partial charge in [0.15, 0.2) is 5.75 Å². The fraction of sp³-hybridized carbons (Fsp3) is 0.538. The maximum absolute atomic E-state index is 9.56. The summed E-state index contributed by atoms with van der Waals surface area (Å²) in [5, 5.41) is 11.4. The normalized spacial score (nSPS) is 22.1. The van der Waals surface area contributed by atoms with Crippen LogP contribution < -0.4 is 4.84 Å². The third-order valence-corrected chi connectivity index (χ3v) is 3.14. The van der Waals surface area contributed by atoms with Crippen LogP contribution in [-0.4, -0.2) is 29.4 Å². The molecule has 1 atom stereocenters. The summed E-state index contributed by atoms with van der Waals surface area (Å²) >= 11 is 0. The fourth-order valence-corrected chi connectivity index (χ4v) is 1.97. The van der Waals surface area contributed by atoms with Gasteiger partial charge < -0.3 is 9.94 Å². The van der Waals surface area contributed by atoms with Crippen LogP contribution in [0.5, 0.6) is 5.75 Å². The minimum atomic E-state index is -0.251. The zero-order valence-electron chi connectivity index (χ0n) is 9.94. The average molecular weight is 221 g/mol. The molecular formula is C13H19NO2. The maximum atomic E-state index is 9.56. The Balaban J connectivity index is 2.05. The van der Waals surface area contributed by atoms with Gasteiger partial charge in [0, 0.05) is 6.54 Å². The summed E-state index contributed by atoms with van der Waals surface area (Å²) in [5.41, 5.74) is 2.40. The number of aliphatic hydroxyl groups is 1. The highest BCUT2D eigenvalue weighted by atomic mass is 16.7. The van der Waals surface area contributed by atoms with E-state index in [0.29, 0.717) is 6.54 Å². The Morgan fingerprint density at radius 1 is 1.38 bits per heavy atom. The first-order valence-corrected chi connectivity index (χ1v) is 5.84. The van der Waals surface area contributed by atoms with Crippen LogP contribution >= 0.6 is 0 Å². The van der Waals surface area contributed by atoms with E-state index < -0.39 is 0 Å². The highest BCUT2D eigenvalue weighted by molar-refractivity contribution is 5.38. The van der Waals surface area contributed by atoms with Crippen LogP contribution in [0.4, 0.5) is 0 Å². The van der Waals surface area contributed by atoms with Gasteiger partial charge in [0.05, 0.1) is 12.6 Å². The number of hydrogen-bond acceptors (Lipinski definition) is 3. The molecule has 1 fully saturated rings. The summed E-state index contributed by atoms with van der Waals surface area (Å²) < 4.78 is 0. The predicted molar refractivity (Wildman–Crippen MR) is 63.4 cm³/mol. The number of hydroxylamine groups is 2. The van der Waals surface area contributed by atoms with Crippen molar-refractivity contribution in [2.75, 3.05) is 13.1 Å². The van der Waals surface area contributed by atoms with Gasteiger partial charge >= 0.3 is 0 Å². The lowest BCUT2D eigenvalue weighted by Gasteiger charge is -2.29. The molecule has 0 aromatic heterocycles. The van der Waals surface area contributed by atoms with E-state index in [4.69, 9.17) is 4.84 Å². The minimum absolute atomic E-state index is 0.251. The maximum Gasteiger partial charge on any atom is 0.150 e. The largest absolute Gasteiger partial charge is 0.406 e. The molecule has 1 aromatic rings. The first-order valence-electron chi connectivity index (χ1n) is 5.84. The van der Waals surface area contributed by atoms with E-state index in [9.17, 15) is 5.11 Å². The third-order valence-electron chi connectivity index (χ3n) is 3.14. The molecule has 0 radical (unpaired) electrons. The number of benzene rings is 1. The molecule has 3 heteroatoms. The summed E-state index contributed by atoms with van der Waals surface area (Å²) in [6.45, 7) is 5.64. The number of aryl methyl sites for hydroxylation is 1. The summed E-state index contributed by atoms with van der Waals surface area (Å²) in [6.07, 6.45) is 1.62. The van der Waals surface area contributed by atoms with Gasteiger partial charge in [0.1, 0.15) is 0 Å². The zero-order chi connectivity index (χ0) is 11.5. The number of nitrogens with zero attached hydrogens (tertiary/aromatic N) is 1. The Hall–Kier alpha value is -1.06. The second-order valence-electron chi connectivity index (χ2n) is 4.47. The fourth-order valence-electron chi connectivity index (χ4n) is 1.97.